The van der Waals surface area contributed by atoms with E-state index in [0.29, 0.717) is 36.3 Å². The predicted octanol–water partition coefficient (Wildman–Crippen LogP) is 4.65. The summed E-state index contributed by atoms with van der Waals surface area (Å²) in [7, 11) is 0. The van der Waals surface area contributed by atoms with Crippen LogP contribution in [0.1, 0.15) is 59.8 Å². The summed E-state index contributed by atoms with van der Waals surface area (Å²) in [6.45, 7) is 11.6. The highest BCUT2D eigenvalue weighted by Gasteiger charge is 2.40. The fourth-order valence-corrected chi connectivity index (χ4v) is 3.27. The number of hydrogen-bond donors (Lipinski definition) is 1. The first kappa shape index (κ1) is 20.2. The van der Waals surface area contributed by atoms with Crippen molar-refractivity contribution in [2.24, 2.45) is 5.92 Å². The van der Waals surface area contributed by atoms with Gasteiger partial charge in [0.15, 0.2) is 5.78 Å². The van der Waals surface area contributed by atoms with Crippen LogP contribution < -0.4 is 0 Å². The van der Waals surface area contributed by atoms with Crippen molar-refractivity contribution < 1.29 is 14.7 Å². The van der Waals surface area contributed by atoms with Crippen molar-refractivity contribution in [2.75, 3.05) is 0 Å². The SMILES string of the molecule is C=C/C(=C\C=C(/C)C(C)C)C(=O)N(C1CC1)C1CCC(O)=C(C(C)=O)C1. The summed E-state index contributed by atoms with van der Waals surface area (Å²) in [6.07, 6.45) is 9.03. The van der Waals surface area contributed by atoms with E-state index in [0.717, 1.165) is 12.8 Å². The normalized spacial score (nSPS) is 21.8. The summed E-state index contributed by atoms with van der Waals surface area (Å²) in [4.78, 5) is 26.9. The number of carbonyl (C=O) groups excluding carboxylic acids is 2. The van der Waals surface area contributed by atoms with Gasteiger partial charge in [-0.2, -0.15) is 0 Å². The lowest BCUT2D eigenvalue weighted by molar-refractivity contribution is -0.130. The van der Waals surface area contributed by atoms with Gasteiger partial charge in [0.05, 0.1) is 5.76 Å². The lowest BCUT2D eigenvalue weighted by atomic mass is 9.89. The monoisotopic (exact) mass is 357 g/mol. The molecule has 0 heterocycles. The average molecular weight is 357 g/mol. The molecule has 0 aromatic carbocycles. The van der Waals surface area contributed by atoms with Gasteiger partial charge < -0.3 is 10.0 Å². The highest BCUT2D eigenvalue weighted by atomic mass is 16.3. The zero-order valence-electron chi connectivity index (χ0n) is 16.4. The summed E-state index contributed by atoms with van der Waals surface area (Å²) >= 11 is 0. The number of amides is 1. The Labute approximate surface area is 157 Å². The maximum atomic E-state index is 13.2. The molecule has 1 N–H and O–H groups in total. The first-order valence-electron chi connectivity index (χ1n) is 9.51. The first-order valence-corrected chi connectivity index (χ1v) is 9.51. The second-order valence-electron chi connectivity index (χ2n) is 7.71. The Bertz CT molecular complexity index is 678. The third-order valence-corrected chi connectivity index (χ3v) is 5.40. The molecule has 0 aliphatic heterocycles. The number of aliphatic hydroxyl groups excluding tert-OH is 1. The summed E-state index contributed by atoms with van der Waals surface area (Å²) < 4.78 is 0. The fraction of sp³-hybridized carbons (Fsp3) is 0.545. The van der Waals surface area contributed by atoms with Crippen LogP contribution in [0.25, 0.3) is 0 Å². The second-order valence-corrected chi connectivity index (χ2v) is 7.71. The zero-order chi connectivity index (χ0) is 19.4. The molecule has 2 aliphatic rings. The zero-order valence-corrected chi connectivity index (χ0v) is 16.4. The van der Waals surface area contributed by atoms with Crippen LogP contribution in [0, 0.1) is 5.92 Å². The molecule has 0 aromatic rings. The molecular weight excluding hydrogens is 326 g/mol. The molecule has 2 aliphatic carbocycles. The Hall–Kier alpha value is -2.10. The van der Waals surface area contributed by atoms with Gasteiger partial charge in [0, 0.05) is 29.7 Å². The third-order valence-electron chi connectivity index (χ3n) is 5.40. The fourth-order valence-electron chi connectivity index (χ4n) is 3.27. The van der Waals surface area contributed by atoms with Crippen LogP contribution >= 0.6 is 0 Å². The van der Waals surface area contributed by atoms with E-state index in [1.165, 1.54) is 12.5 Å². The molecule has 4 heteroatoms. The third kappa shape index (κ3) is 4.75. The van der Waals surface area contributed by atoms with Crippen molar-refractivity contribution in [3.05, 3.63) is 47.3 Å². The van der Waals surface area contributed by atoms with E-state index in [1.54, 1.807) is 6.08 Å². The maximum absolute atomic E-state index is 13.2. The second kappa shape index (κ2) is 8.52. The molecule has 0 spiro atoms. The number of rotatable bonds is 7. The minimum absolute atomic E-state index is 0.0235. The number of hydrogen-bond acceptors (Lipinski definition) is 3. The Morgan fingerprint density at radius 3 is 2.31 bits per heavy atom. The van der Waals surface area contributed by atoms with Gasteiger partial charge in [-0.1, -0.05) is 38.2 Å². The van der Waals surface area contributed by atoms with Gasteiger partial charge in [-0.25, -0.2) is 0 Å². The molecule has 0 bridgehead atoms. The molecule has 0 aromatic heterocycles. The van der Waals surface area contributed by atoms with Crippen LogP contribution in [-0.4, -0.2) is 33.8 Å². The largest absolute Gasteiger partial charge is 0.512 e. The molecule has 26 heavy (non-hydrogen) atoms. The van der Waals surface area contributed by atoms with Crippen LogP contribution in [-0.2, 0) is 9.59 Å². The Morgan fingerprint density at radius 1 is 1.15 bits per heavy atom. The summed E-state index contributed by atoms with van der Waals surface area (Å²) in [5.74, 6) is 0.485. The lowest BCUT2D eigenvalue weighted by Gasteiger charge is -2.35. The van der Waals surface area contributed by atoms with E-state index < -0.39 is 0 Å². The van der Waals surface area contributed by atoms with Gasteiger partial charge in [-0.15, -0.1) is 0 Å². The van der Waals surface area contributed by atoms with Crippen molar-refractivity contribution in [3.8, 4) is 0 Å². The van der Waals surface area contributed by atoms with Crippen molar-refractivity contribution in [2.45, 2.75) is 71.9 Å². The number of aliphatic hydroxyl groups is 1. The van der Waals surface area contributed by atoms with Crippen LogP contribution in [0.2, 0.25) is 0 Å². The highest BCUT2D eigenvalue weighted by Crippen LogP contribution is 2.36. The van der Waals surface area contributed by atoms with Crippen molar-refractivity contribution in [1.82, 2.24) is 4.90 Å². The molecule has 2 rings (SSSR count). The van der Waals surface area contributed by atoms with Crippen molar-refractivity contribution >= 4 is 11.7 Å². The molecule has 142 valence electrons. The molecule has 1 saturated carbocycles. The Balaban J connectivity index is 2.25. The van der Waals surface area contributed by atoms with Crippen molar-refractivity contribution in [1.29, 1.82) is 0 Å². The smallest absolute Gasteiger partial charge is 0.254 e. The highest BCUT2D eigenvalue weighted by molar-refractivity contribution is 5.97. The molecular formula is C22H31NO3. The van der Waals surface area contributed by atoms with E-state index in [1.807, 2.05) is 17.1 Å². The summed E-state index contributed by atoms with van der Waals surface area (Å²) in [6, 6.07) is 0.197. The molecule has 1 fully saturated rings. The van der Waals surface area contributed by atoms with Gasteiger partial charge in [-0.05, 0) is 51.5 Å². The van der Waals surface area contributed by atoms with Crippen molar-refractivity contribution in [3.63, 3.8) is 0 Å². The van der Waals surface area contributed by atoms with Gasteiger partial charge >= 0.3 is 0 Å². The number of allylic oxidation sites excluding steroid dienone is 4. The minimum atomic E-state index is -0.106. The number of Topliss-reactive ketones (excluding diaryl/α,β-unsaturated/α-hetero) is 1. The summed E-state index contributed by atoms with van der Waals surface area (Å²) in [5, 5.41) is 10.0. The first-order chi connectivity index (χ1) is 12.3. The average Bonchev–Trinajstić information content (AvgIpc) is 3.41. The van der Waals surface area contributed by atoms with Gasteiger partial charge in [0.1, 0.15) is 0 Å². The van der Waals surface area contributed by atoms with Crippen LogP contribution in [0.4, 0.5) is 0 Å². The van der Waals surface area contributed by atoms with E-state index >= 15 is 0 Å². The van der Waals surface area contributed by atoms with Crippen LogP contribution in [0.5, 0.6) is 0 Å². The van der Waals surface area contributed by atoms with Gasteiger partial charge in [0.2, 0.25) is 0 Å². The van der Waals surface area contributed by atoms with E-state index in [4.69, 9.17) is 0 Å². The maximum Gasteiger partial charge on any atom is 0.254 e. The molecule has 4 nitrogen and oxygen atoms in total. The Kier molecular flexibility index (Phi) is 6.63. The van der Waals surface area contributed by atoms with E-state index in [-0.39, 0.29) is 29.5 Å². The van der Waals surface area contributed by atoms with Crippen LogP contribution in [0.3, 0.4) is 0 Å². The van der Waals surface area contributed by atoms with Crippen LogP contribution in [0.15, 0.2) is 47.3 Å². The molecule has 0 radical (unpaired) electrons. The van der Waals surface area contributed by atoms with Gasteiger partial charge in [-0.3, -0.25) is 9.59 Å². The molecule has 1 atom stereocenters. The number of nitrogens with zero attached hydrogens (tertiary/aromatic N) is 1. The number of ketones is 1. The molecule has 1 amide bonds. The lowest BCUT2D eigenvalue weighted by Crippen LogP contribution is -2.44. The topological polar surface area (TPSA) is 57.6 Å². The van der Waals surface area contributed by atoms with E-state index in [2.05, 4.69) is 27.4 Å². The standard InChI is InChI=1S/C22H31NO3/c1-6-17(8-7-15(4)14(2)3)22(26)23(18-9-10-18)19-11-12-21(25)20(13-19)16(5)24/h6-8,14,18-19,25H,1,9-13H2,2-5H3/b15-7+,17-8+. The van der Waals surface area contributed by atoms with Gasteiger partial charge in [0.25, 0.3) is 5.91 Å². The number of carbonyl (C=O) groups is 2. The molecule has 1 unspecified atom stereocenters. The summed E-state index contributed by atoms with van der Waals surface area (Å²) in [5.41, 5.74) is 2.26. The molecule has 0 saturated heterocycles. The Morgan fingerprint density at radius 2 is 1.81 bits per heavy atom. The predicted molar refractivity (Wildman–Crippen MR) is 105 cm³/mol. The van der Waals surface area contributed by atoms with E-state index in [9.17, 15) is 14.7 Å². The minimum Gasteiger partial charge on any atom is -0.512 e. The quantitative estimate of drug-likeness (QED) is 0.533.